The highest BCUT2D eigenvalue weighted by atomic mass is 32.2. The zero-order valence-electron chi connectivity index (χ0n) is 10.5. The van der Waals surface area contributed by atoms with Crippen LogP contribution in [0.3, 0.4) is 0 Å². The second-order valence-corrected chi connectivity index (χ2v) is 6.73. The quantitative estimate of drug-likeness (QED) is 0.883. The van der Waals surface area contributed by atoms with E-state index in [4.69, 9.17) is 0 Å². The highest BCUT2D eigenvalue weighted by Crippen LogP contribution is 2.20. The van der Waals surface area contributed by atoms with Crippen LogP contribution in [0.4, 0.5) is 0 Å². The second kappa shape index (κ2) is 6.71. The molecule has 0 bridgehead atoms. The molecule has 1 aromatic heterocycles. The minimum Gasteiger partial charge on any atom is -0.345 e. The lowest BCUT2D eigenvalue weighted by molar-refractivity contribution is 0.458. The Bertz CT molecular complexity index is 332. The molecule has 17 heavy (non-hydrogen) atoms. The molecule has 1 aliphatic rings. The Morgan fingerprint density at radius 3 is 2.71 bits per heavy atom. The van der Waals surface area contributed by atoms with E-state index in [1.165, 1.54) is 23.0 Å². The Hall–Kier alpha value is -0.130. The smallest absolute Gasteiger partial charge is 0.123 e. The molecule has 3 nitrogen and oxygen atoms in total. The molecular formula is C12H21N3S2. The highest BCUT2D eigenvalue weighted by Gasteiger charge is 2.19. The number of imidazole rings is 1. The van der Waals surface area contributed by atoms with Gasteiger partial charge in [0.25, 0.3) is 0 Å². The fourth-order valence-corrected chi connectivity index (χ4v) is 4.42. The van der Waals surface area contributed by atoms with Gasteiger partial charge in [-0.3, -0.25) is 0 Å². The van der Waals surface area contributed by atoms with Crippen molar-refractivity contribution < 1.29 is 0 Å². The number of hydrogen-bond donors (Lipinski definition) is 2. The Labute approximate surface area is 112 Å². The van der Waals surface area contributed by atoms with Crippen molar-refractivity contribution >= 4 is 23.5 Å². The zero-order valence-corrected chi connectivity index (χ0v) is 12.2. The van der Waals surface area contributed by atoms with Crippen LogP contribution in [-0.4, -0.2) is 39.0 Å². The van der Waals surface area contributed by atoms with Crippen LogP contribution in [-0.2, 0) is 0 Å². The molecule has 2 rings (SSSR count). The predicted molar refractivity (Wildman–Crippen MR) is 77.9 cm³/mol. The number of aryl methyl sites for hydroxylation is 1. The first-order valence-electron chi connectivity index (χ1n) is 6.22. The summed E-state index contributed by atoms with van der Waals surface area (Å²) in [5.41, 5.74) is 1.14. The standard InChI is InChI=1S/C12H21N3S2/c1-3-11(12-13-6-9(2)14-12)15-10-7-16-4-5-17-8-10/h6,10-11,15H,3-5,7-8H2,1-2H3,(H,13,14)/t11-/m0/s1. The summed E-state index contributed by atoms with van der Waals surface area (Å²) in [6.07, 6.45) is 3.00. The van der Waals surface area contributed by atoms with Crippen LogP contribution < -0.4 is 5.32 Å². The third kappa shape index (κ3) is 3.93. The first kappa shape index (κ1) is 13.3. The third-order valence-corrected chi connectivity index (χ3v) is 5.43. The molecule has 1 saturated heterocycles. The maximum atomic E-state index is 4.44. The Morgan fingerprint density at radius 2 is 2.18 bits per heavy atom. The first-order chi connectivity index (χ1) is 8.29. The second-order valence-electron chi connectivity index (χ2n) is 4.43. The molecule has 0 aromatic carbocycles. The Balaban J connectivity index is 1.94. The molecule has 1 aromatic rings. The average molecular weight is 271 g/mol. The largest absolute Gasteiger partial charge is 0.345 e. The summed E-state index contributed by atoms with van der Waals surface area (Å²) < 4.78 is 0. The average Bonchev–Trinajstić information content (AvgIpc) is 2.62. The van der Waals surface area contributed by atoms with Gasteiger partial charge >= 0.3 is 0 Å². The summed E-state index contributed by atoms with van der Waals surface area (Å²) >= 11 is 4.13. The van der Waals surface area contributed by atoms with Crippen LogP contribution in [0.2, 0.25) is 0 Å². The van der Waals surface area contributed by atoms with E-state index in [1.54, 1.807) is 0 Å². The number of hydrogen-bond acceptors (Lipinski definition) is 4. The summed E-state index contributed by atoms with van der Waals surface area (Å²) in [6.45, 7) is 4.27. The van der Waals surface area contributed by atoms with Gasteiger partial charge in [0.2, 0.25) is 0 Å². The van der Waals surface area contributed by atoms with E-state index < -0.39 is 0 Å². The van der Waals surface area contributed by atoms with Gasteiger partial charge in [-0.15, -0.1) is 0 Å². The van der Waals surface area contributed by atoms with Gasteiger partial charge in [0, 0.05) is 40.9 Å². The van der Waals surface area contributed by atoms with Crippen molar-refractivity contribution in [3.05, 3.63) is 17.7 Å². The van der Waals surface area contributed by atoms with E-state index >= 15 is 0 Å². The molecule has 1 fully saturated rings. The van der Waals surface area contributed by atoms with Crippen LogP contribution in [0.25, 0.3) is 0 Å². The van der Waals surface area contributed by atoms with Crippen LogP contribution in [0.5, 0.6) is 0 Å². The summed E-state index contributed by atoms with van der Waals surface area (Å²) in [5, 5.41) is 3.74. The van der Waals surface area contributed by atoms with Crippen molar-refractivity contribution in [1.29, 1.82) is 0 Å². The van der Waals surface area contributed by atoms with Crippen molar-refractivity contribution in [3.63, 3.8) is 0 Å². The molecule has 96 valence electrons. The van der Waals surface area contributed by atoms with Gasteiger partial charge in [-0.2, -0.15) is 23.5 Å². The molecule has 2 N–H and O–H groups in total. The van der Waals surface area contributed by atoms with Gasteiger partial charge in [-0.1, -0.05) is 6.92 Å². The van der Waals surface area contributed by atoms with Crippen molar-refractivity contribution in [2.45, 2.75) is 32.4 Å². The molecule has 0 spiro atoms. The normalized spacial score (nSPS) is 20.1. The lowest BCUT2D eigenvalue weighted by Gasteiger charge is -2.22. The van der Waals surface area contributed by atoms with E-state index in [0.29, 0.717) is 12.1 Å². The van der Waals surface area contributed by atoms with Crippen molar-refractivity contribution in [2.75, 3.05) is 23.0 Å². The van der Waals surface area contributed by atoms with Gasteiger partial charge in [-0.25, -0.2) is 4.98 Å². The molecule has 1 aliphatic heterocycles. The lowest BCUT2D eigenvalue weighted by atomic mass is 10.2. The van der Waals surface area contributed by atoms with Crippen molar-refractivity contribution in [1.82, 2.24) is 15.3 Å². The van der Waals surface area contributed by atoms with Crippen molar-refractivity contribution in [3.8, 4) is 0 Å². The molecule has 1 atom stereocenters. The molecule has 0 saturated carbocycles. The predicted octanol–water partition coefficient (Wildman–Crippen LogP) is 2.61. The number of H-pyrrole nitrogens is 1. The Morgan fingerprint density at radius 1 is 1.47 bits per heavy atom. The van der Waals surface area contributed by atoms with E-state index in [0.717, 1.165) is 17.9 Å². The minimum atomic E-state index is 0.369. The van der Waals surface area contributed by atoms with Gasteiger partial charge in [0.15, 0.2) is 0 Å². The minimum absolute atomic E-state index is 0.369. The summed E-state index contributed by atoms with van der Waals surface area (Å²) in [7, 11) is 0. The maximum Gasteiger partial charge on any atom is 0.123 e. The fourth-order valence-electron chi connectivity index (χ4n) is 2.00. The molecule has 0 aliphatic carbocycles. The van der Waals surface area contributed by atoms with Crippen LogP contribution >= 0.6 is 23.5 Å². The fraction of sp³-hybridized carbons (Fsp3) is 0.750. The third-order valence-electron chi connectivity index (χ3n) is 2.91. The number of rotatable bonds is 4. The summed E-state index contributed by atoms with van der Waals surface area (Å²) in [4.78, 5) is 7.79. The van der Waals surface area contributed by atoms with Gasteiger partial charge in [-0.05, 0) is 13.3 Å². The number of aromatic nitrogens is 2. The molecule has 0 amide bonds. The summed E-state index contributed by atoms with van der Waals surface area (Å²) in [6, 6.07) is 0.982. The molecule has 0 radical (unpaired) electrons. The van der Waals surface area contributed by atoms with Gasteiger partial charge in [0.1, 0.15) is 5.82 Å². The molecule has 2 heterocycles. The Kier molecular flexibility index (Phi) is 5.25. The van der Waals surface area contributed by atoms with Gasteiger partial charge in [0.05, 0.1) is 6.04 Å². The zero-order chi connectivity index (χ0) is 12.1. The van der Waals surface area contributed by atoms with Crippen LogP contribution in [0.15, 0.2) is 6.20 Å². The van der Waals surface area contributed by atoms with E-state index in [-0.39, 0.29) is 0 Å². The molecule has 5 heteroatoms. The highest BCUT2D eigenvalue weighted by molar-refractivity contribution is 8.03. The van der Waals surface area contributed by atoms with Crippen LogP contribution in [0, 0.1) is 6.92 Å². The molecule has 0 unspecified atom stereocenters. The van der Waals surface area contributed by atoms with E-state index in [9.17, 15) is 0 Å². The van der Waals surface area contributed by atoms with Crippen LogP contribution in [0.1, 0.15) is 30.9 Å². The van der Waals surface area contributed by atoms with Gasteiger partial charge < -0.3 is 10.3 Å². The number of aromatic amines is 1. The summed E-state index contributed by atoms with van der Waals surface area (Å²) in [5.74, 6) is 6.12. The van der Waals surface area contributed by atoms with E-state index in [2.05, 4.69) is 52.7 Å². The number of nitrogens with one attached hydrogen (secondary N) is 2. The number of thioether (sulfide) groups is 2. The van der Waals surface area contributed by atoms with Crippen molar-refractivity contribution in [2.24, 2.45) is 0 Å². The lowest BCUT2D eigenvalue weighted by Crippen LogP contribution is -2.36. The maximum absolute atomic E-state index is 4.44. The van der Waals surface area contributed by atoms with E-state index in [1.807, 2.05) is 6.20 Å². The number of nitrogens with zero attached hydrogens (tertiary/aromatic N) is 1. The SMILES string of the molecule is CC[C@H](NC1CSCCSC1)c1ncc(C)[nH]1. The monoisotopic (exact) mass is 271 g/mol. The topological polar surface area (TPSA) is 40.7 Å². The molecular weight excluding hydrogens is 250 g/mol. The first-order valence-corrected chi connectivity index (χ1v) is 8.53.